The van der Waals surface area contributed by atoms with Crippen molar-refractivity contribution in [2.24, 2.45) is 5.92 Å². The van der Waals surface area contributed by atoms with Crippen LogP contribution >= 0.6 is 11.3 Å². The molecule has 0 amide bonds. The molecular formula is C15H20OS. The fraction of sp³-hybridized carbons (Fsp3) is 0.533. The van der Waals surface area contributed by atoms with E-state index >= 15 is 0 Å². The first-order valence-corrected chi connectivity index (χ1v) is 7.30. The van der Waals surface area contributed by atoms with Crippen LogP contribution in [-0.2, 0) is 17.6 Å². The maximum Gasteiger partial charge on any atom is 0.163 e. The minimum Gasteiger partial charge on any atom is -0.294 e. The molecule has 0 saturated carbocycles. The van der Waals surface area contributed by atoms with Crippen molar-refractivity contribution in [2.45, 2.75) is 46.0 Å². The van der Waals surface area contributed by atoms with Crippen LogP contribution in [0.25, 0.3) is 0 Å². The van der Waals surface area contributed by atoms with E-state index in [1.54, 1.807) is 11.3 Å². The van der Waals surface area contributed by atoms with E-state index in [1.165, 1.54) is 16.2 Å². The Bertz CT molecular complexity index is 428. The average Bonchev–Trinajstić information content (AvgIpc) is 2.77. The molecule has 1 unspecified atom stereocenters. The summed E-state index contributed by atoms with van der Waals surface area (Å²) in [5, 5.41) is 0. The molecule has 1 aromatic heterocycles. The van der Waals surface area contributed by atoms with Gasteiger partial charge in [0, 0.05) is 16.2 Å². The van der Waals surface area contributed by atoms with E-state index in [9.17, 15) is 4.79 Å². The summed E-state index contributed by atoms with van der Waals surface area (Å²) in [7, 11) is 0. The van der Waals surface area contributed by atoms with Crippen LogP contribution in [0.2, 0.25) is 0 Å². The normalized spacial score (nSPS) is 20.1. The van der Waals surface area contributed by atoms with Gasteiger partial charge in [-0.15, -0.1) is 11.3 Å². The zero-order valence-electron chi connectivity index (χ0n) is 10.7. The first-order valence-electron chi connectivity index (χ1n) is 6.49. The highest BCUT2D eigenvalue weighted by molar-refractivity contribution is 7.12. The van der Waals surface area contributed by atoms with Gasteiger partial charge in [-0.05, 0) is 49.3 Å². The zero-order chi connectivity index (χ0) is 12.3. The number of allylic oxidation sites excluding steroid dienone is 2. The van der Waals surface area contributed by atoms with E-state index in [2.05, 4.69) is 32.1 Å². The summed E-state index contributed by atoms with van der Waals surface area (Å²) in [6.07, 6.45) is 7.05. The molecule has 1 aromatic rings. The van der Waals surface area contributed by atoms with Gasteiger partial charge in [0.05, 0.1) is 0 Å². The molecule has 1 nitrogen and oxygen atoms in total. The van der Waals surface area contributed by atoms with Gasteiger partial charge in [-0.25, -0.2) is 0 Å². The van der Waals surface area contributed by atoms with Gasteiger partial charge in [-0.3, -0.25) is 4.79 Å². The number of carbonyl (C=O) groups is 1. The van der Waals surface area contributed by atoms with Crippen molar-refractivity contribution in [3.8, 4) is 0 Å². The predicted octanol–water partition coefficient (Wildman–Crippen LogP) is 4.17. The number of hydrogen-bond acceptors (Lipinski definition) is 2. The van der Waals surface area contributed by atoms with Crippen molar-refractivity contribution >= 4 is 17.1 Å². The van der Waals surface area contributed by atoms with E-state index in [1.807, 2.05) is 0 Å². The molecule has 1 aliphatic rings. The highest BCUT2D eigenvalue weighted by Gasteiger charge is 2.16. The molecule has 92 valence electrons. The van der Waals surface area contributed by atoms with Crippen molar-refractivity contribution in [1.29, 1.82) is 0 Å². The van der Waals surface area contributed by atoms with Crippen molar-refractivity contribution < 1.29 is 4.79 Å². The lowest BCUT2D eigenvalue weighted by Gasteiger charge is -2.16. The fourth-order valence-electron chi connectivity index (χ4n) is 2.20. The molecule has 0 aliphatic heterocycles. The average molecular weight is 248 g/mol. The van der Waals surface area contributed by atoms with Crippen molar-refractivity contribution in [3.63, 3.8) is 0 Å². The van der Waals surface area contributed by atoms with E-state index in [0.29, 0.717) is 12.2 Å². The SMILES string of the molecule is CCc1ccc(CC(=O)C2=CCC(C)CC2)s1. The van der Waals surface area contributed by atoms with E-state index in [0.717, 1.165) is 30.8 Å². The Balaban J connectivity index is 1.97. The van der Waals surface area contributed by atoms with Crippen LogP contribution < -0.4 is 0 Å². The maximum atomic E-state index is 12.1. The molecule has 0 spiro atoms. The Morgan fingerprint density at radius 1 is 1.41 bits per heavy atom. The highest BCUT2D eigenvalue weighted by Crippen LogP contribution is 2.25. The van der Waals surface area contributed by atoms with Crippen LogP contribution in [0.3, 0.4) is 0 Å². The maximum absolute atomic E-state index is 12.1. The molecule has 0 saturated heterocycles. The van der Waals surface area contributed by atoms with Gasteiger partial charge in [0.25, 0.3) is 0 Å². The second-order valence-electron chi connectivity index (χ2n) is 4.93. The summed E-state index contributed by atoms with van der Waals surface area (Å²) in [4.78, 5) is 14.7. The lowest BCUT2D eigenvalue weighted by Crippen LogP contribution is -2.11. The second-order valence-corrected chi connectivity index (χ2v) is 6.18. The lowest BCUT2D eigenvalue weighted by molar-refractivity contribution is -0.115. The third kappa shape index (κ3) is 3.29. The number of carbonyl (C=O) groups excluding carboxylic acids is 1. The monoisotopic (exact) mass is 248 g/mol. The molecule has 0 radical (unpaired) electrons. The molecule has 0 bridgehead atoms. The van der Waals surface area contributed by atoms with Crippen LogP contribution in [0.15, 0.2) is 23.8 Å². The number of Topliss-reactive ketones (excluding diaryl/α,β-unsaturated/α-hetero) is 1. The molecule has 2 rings (SSSR count). The molecule has 1 heterocycles. The Morgan fingerprint density at radius 3 is 2.76 bits per heavy atom. The van der Waals surface area contributed by atoms with Gasteiger partial charge >= 0.3 is 0 Å². The minimum atomic E-state index is 0.335. The number of rotatable bonds is 4. The molecule has 2 heteroatoms. The van der Waals surface area contributed by atoms with Gasteiger partial charge in [0.15, 0.2) is 5.78 Å². The number of ketones is 1. The summed E-state index contributed by atoms with van der Waals surface area (Å²) in [5.74, 6) is 1.08. The Morgan fingerprint density at radius 2 is 2.18 bits per heavy atom. The van der Waals surface area contributed by atoms with Crippen LogP contribution in [0.1, 0.15) is 42.9 Å². The van der Waals surface area contributed by atoms with Crippen LogP contribution in [-0.4, -0.2) is 5.78 Å². The third-order valence-electron chi connectivity index (χ3n) is 3.43. The predicted molar refractivity (Wildman–Crippen MR) is 73.5 cm³/mol. The molecule has 0 N–H and O–H groups in total. The highest BCUT2D eigenvalue weighted by atomic mass is 32.1. The summed E-state index contributed by atoms with van der Waals surface area (Å²) >= 11 is 1.78. The van der Waals surface area contributed by atoms with Gasteiger partial charge in [0.2, 0.25) is 0 Å². The van der Waals surface area contributed by atoms with Crippen LogP contribution in [0.5, 0.6) is 0 Å². The van der Waals surface area contributed by atoms with Crippen LogP contribution in [0, 0.1) is 5.92 Å². The van der Waals surface area contributed by atoms with E-state index in [-0.39, 0.29) is 0 Å². The van der Waals surface area contributed by atoms with Crippen molar-refractivity contribution in [1.82, 2.24) is 0 Å². The fourth-order valence-corrected chi connectivity index (χ4v) is 3.15. The molecule has 17 heavy (non-hydrogen) atoms. The van der Waals surface area contributed by atoms with Crippen molar-refractivity contribution in [2.75, 3.05) is 0 Å². The van der Waals surface area contributed by atoms with Crippen molar-refractivity contribution in [3.05, 3.63) is 33.5 Å². The quantitative estimate of drug-likeness (QED) is 0.781. The van der Waals surface area contributed by atoms with Crippen LogP contribution in [0.4, 0.5) is 0 Å². The molecule has 1 aliphatic carbocycles. The Hall–Kier alpha value is -0.890. The lowest BCUT2D eigenvalue weighted by atomic mass is 9.88. The second kappa shape index (κ2) is 5.63. The third-order valence-corrected chi connectivity index (χ3v) is 4.66. The summed E-state index contributed by atoms with van der Waals surface area (Å²) in [6, 6.07) is 4.25. The number of aryl methyl sites for hydroxylation is 1. The topological polar surface area (TPSA) is 17.1 Å². The first kappa shape index (κ1) is 12.6. The number of thiophene rings is 1. The molecular weight excluding hydrogens is 228 g/mol. The number of hydrogen-bond donors (Lipinski definition) is 0. The largest absolute Gasteiger partial charge is 0.294 e. The van der Waals surface area contributed by atoms with Gasteiger partial charge in [-0.2, -0.15) is 0 Å². The van der Waals surface area contributed by atoms with Gasteiger partial charge in [-0.1, -0.05) is 19.9 Å². The van der Waals surface area contributed by atoms with Gasteiger partial charge in [0.1, 0.15) is 0 Å². The summed E-state index contributed by atoms with van der Waals surface area (Å²) in [5.41, 5.74) is 1.06. The first-order chi connectivity index (χ1) is 8.19. The van der Waals surface area contributed by atoms with E-state index in [4.69, 9.17) is 0 Å². The molecule has 1 atom stereocenters. The van der Waals surface area contributed by atoms with E-state index < -0.39 is 0 Å². The summed E-state index contributed by atoms with van der Waals surface area (Å²) in [6.45, 7) is 4.41. The Kier molecular flexibility index (Phi) is 4.16. The zero-order valence-corrected chi connectivity index (χ0v) is 11.5. The smallest absolute Gasteiger partial charge is 0.163 e. The Labute approximate surface area is 108 Å². The molecule has 0 fully saturated rings. The molecule has 0 aromatic carbocycles. The summed E-state index contributed by atoms with van der Waals surface area (Å²) < 4.78 is 0. The van der Waals surface area contributed by atoms with Gasteiger partial charge < -0.3 is 0 Å². The standard InChI is InChI=1S/C15H20OS/c1-3-13-8-9-14(17-13)10-15(16)12-6-4-11(2)5-7-12/h6,8-9,11H,3-5,7,10H2,1-2H3. The minimum absolute atomic E-state index is 0.335.